The molecule has 0 radical (unpaired) electrons. The Labute approximate surface area is 121 Å². The summed E-state index contributed by atoms with van der Waals surface area (Å²) in [6, 6.07) is 0.541. The molecule has 112 valence electrons. The Morgan fingerprint density at radius 3 is 2.95 bits per heavy atom. The maximum absolute atomic E-state index is 6.05. The number of rotatable bonds is 7. The van der Waals surface area contributed by atoms with Gasteiger partial charge in [-0.2, -0.15) is 5.10 Å². The van der Waals surface area contributed by atoms with Crippen molar-refractivity contribution in [2.45, 2.75) is 70.7 Å². The van der Waals surface area contributed by atoms with Crippen LogP contribution in [0.1, 0.15) is 45.1 Å². The van der Waals surface area contributed by atoms with E-state index in [-0.39, 0.29) is 0 Å². The van der Waals surface area contributed by atoms with Crippen molar-refractivity contribution in [1.82, 2.24) is 15.1 Å². The molecule has 4 unspecified atom stereocenters. The number of ether oxygens (including phenoxy) is 1. The van der Waals surface area contributed by atoms with E-state index in [1.165, 1.54) is 31.2 Å². The maximum atomic E-state index is 6.05. The third-order valence-electron chi connectivity index (χ3n) is 4.79. The van der Waals surface area contributed by atoms with Gasteiger partial charge in [-0.15, -0.1) is 0 Å². The number of nitrogens with one attached hydrogen (secondary N) is 1. The Hall–Kier alpha value is -0.870. The zero-order valence-corrected chi connectivity index (χ0v) is 12.7. The Morgan fingerprint density at radius 2 is 2.35 bits per heavy atom. The van der Waals surface area contributed by atoms with E-state index in [9.17, 15) is 0 Å². The second-order valence-corrected chi connectivity index (χ2v) is 6.24. The van der Waals surface area contributed by atoms with Gasteiger partial charge in [-0.25, -0.2) is 0 Å². The van der Waals surface area contributed by atoms with Crippen molar-refractivity contribution in [2.75, 3.05) is 6.54 Å². The van der Waals surface area contributed by atoms with Crippen LogP contribution in [0.2, 0.25) is 0 Å². The van der Waals surface area contributed by atoms with Gasteiger partial charge in [-0.1, -0.05) is 6.92 Å². The molecule has 1 N–H and O–H groups in total. The van der Waals surface area contributed by atoms with Gasteiger partial charge in [0.25, 0.3) is 0 Å². The molecule has 4 nitrogen and oxygen atoms in total. The molecule has 2 saturated heterocycles. The van der Waals surface area contributed by atoms with Gasteiger partial charge >= 0.3 is 0 Å². The molecule has 0 amide bonds. The van der Waals surface area contributed by atoms with Crippen LogP contribution in [0.3, 0.4) is 0 Å². The Kier molecular flexibility index (Phi) is 4.41. The second-order valence-electron chi connectivity index (χ2n) is 6.24. The molecule has 0 aliphatic carbocycles. The number of hydrogen-bond donors (Lipinski definition) is 1. The molecule has 3 heterocycles. The quantitative estimate of drug-likeness (QED) is 0.831. The SMILES string of the molecule is CCCNC(Cc1cnn(CC)c1)C1CC2CCC1O2. The zero-order chi connectivity index (χ0) is 13.9. The molecule has 3 rings (SSSR count). The summed E-state index contributed by atoms with van der Waals surface area (Å²) >= 11 is 0. The van der Waals surface area contributed by atoms with Crippen molar-refractivity contribution in [3.05, 3.63) is 18.0 Å². The molecule has 2 aliphatic rings. The largest absolute Gasteiger partial charge is 0.375 e. The van der Waals surface area contributed by atoms with Gasteiger partial charge in [0.2, 0.25) is 0 Å². The van der Waals surface area contributed by atoms with E-state index in [4.69, 9.17) is 4.74 Å². The van der Waals surface area contributed by atoms with Crippen LogP contribution in [0.5, 0.6) is 0 Å². The number of hydrogen-bond acceptors (Lipinski definition) is 3. The minimum absolute atomic E-state index is 0.496. The van der Waals surface area contributed by atoms with Crippen LogP contribution in [0.4, 0.5) is 0 Å². The summed E-state index contributed by atoms with van der Waals surface area (Å²) in [7, 11) is 0. The Balaban J connectivity index is 1.66. The summed E-state index contributed by atoms with van der Waals surface area (Å²) in [6.07, 6.45) is 11.3. The smallest absolute Gasteiger partial charge is 0.0623 e. The van der Waals surface area contributed by atoms with E-state index in [2.05, 4.69) is 30.5 Å². The van der Waals surface area contributed by atoms with Crippen LogP contribution in [-0.2, 0) is 17.7 Å². The second kappa shape index (κ2) is 6.27. The molecular formula is C16H27N3O. The van der Waals surface area contributed by atoms with Gasteiger partial charge in [0.1, 0.15) is 0 Å². The van der Waals surface area contributed by atoms with Crippen LogP contribution >= 0.6 is 0 Å². The van der Waals surface area contributed by atoms with E-state index < -0.39 is 0 Å². The summed E-state index contributed by atoms with van der Waals surface area (Å²) in [5.74, 6) is 0.685. The van der Waals surface area contributed by atoms with Gasteiger partial charge in [0, 0.05) is 24.7 Å². The summed E-state index contributed by atoms with van der Waals surface area (Å²) in [5, 5.41) is 8.16. The monoisotopic (exact) mass is 277 g/mol. The van der Waals surface area contributed by atoms with E-state index in [0.717, 1.165) is 19.5 Å². The van der Waals surface area contributed by atoms with Crippen molar-refractivity contribution >= 4 is 0 Å². The fraction of sp³-hybridized carbons (Fsp3) is 0.812. The Bertz CT molecular complexity index is 431. The van der Waals surface area contributed by atoms with Gasteiger partial charge in [-0.3, -0.25) is 4.68 Å². The molecule has 2 fully saturated rings. The summed E-state index contributed by atoms with van der Waals surface area (Å²) in [6.45, 7) is 6.41. The zero-order valence-electron chi connectivity index (χ0n) is 12.7. The summed E-state index contributed by atoms with van der Waals surface area (Å²) in [4.78, 5) is 0. The van der Waals surface area contributed by atoms with E-state index in [0.29, 0.717) is 24.2 Å². The molecule has 0 aromatic carbocycles. The minimum atomic E-state index is 0.496. The van der Waals surface area contributed by atoms with Crippen LogP contribution in [-0.4, -0.2) is 34.6 Å². The van der Waals surface area contributed by atoms with Crippen LogP contribution in [0.15, 0.2) is 12.4 Å². The van der Waals surface area contributed by atoms with E-state index >= 15 is 0 Å². The van der Waals surface area contributed by atoms with Crippen molar-refractivity contribution in [3.63, 3.8) is 0 Å². The van der Waals surface area contributed by atoms with Gasteiger partial charge in [-0.05, 0) is 51.1 Å². The molecule has 0 spiro atoms. The molecule has 20 heavy (non-hydrogen) atoms. The van der Waals surface area contributed by atoms with Crippen LogP contribution in [0.25, 0.3) is 0 Å². The van der Waals surface area contributed by atoms with E-state index in [1.807, 2.05) is 10.9 Å². The highest BCUT2D eigenvalue weighted by Crippen LogP contribution is 2.41. The molecule has 2 bridgehead atoms. The number of aryl methyl sites for hydroxylation is 1. The number of aromatic nitrogens is 2. The minimum Gasteiger partial charge on any atom is -0.375 e. The third-order valence-corrected chi connectivity index (χ3v) is 4.79. The lowest BCUT2D eigenvalue weighted by Gasteiger charge is -2.29. The van der Waals surface area contributed by atoms with Crippen molar-refractivity contribution in [3.8, 4) is 0 Å². The van der Waals surface area contributed by atoms with Crippen LogP contribution in [0, 0.1) is 5.92 Å². The molecule has 0 saturated carbocycles. The molecule has 4 heteroatoms. The van der Waals surface area contributed by atoms with Crippen molar-refractivity contribution in [1.29, 1.82) is 0 Å². The summed E-state index contributed by atoms with van der Waals surface area (Å²) < 4.78 is 8.07. The summed E-state index contributed by atoms with van der Waals surface area (Å²) in [5.41, 5.74) is 1.35. The van der Waals surface area contributed by atoms with Gasteiger partial charge in [0.15, 0.2) is 0 Å². The average Bonchev–Trinajstić information content (AvgIpc) is 3.18. The molecule has 1 aromatic rings. The fourth-order valence-corrected chi connectivity index (χ4v) is 3.74. The van der Waals surface area contributed by atoms with Gasteiger partial charge in [0.05, 0.1) is 18.4 Å². The molecular weight excluding hydrogens is 250 g/mol. The lowest BCUT2D eigenvalue weighted by Crippen LogP contribution is -2.42. The maximum Gasteiger partial charge on any atom is 0.0623 e. The number of nitrogens with zero attached hydrogens (tertiary/aromatic N) is 2. The average molecular weight is 277 g/mol. The van der Waals surface area contributed by atoms with Gasteiger partial charge < -0.3 is 10.1 Å². The predicted octanol–water partition coefficient (Wildman–Crippen LogP) is 2.38. The lowest BCUT2D eigenvalue weighted by molar-refractivity contribution is 0.0857. The first-order chi connectivity index (χ1) is 9.80. The standard InChI is InChI=1S/C16H27N3O/c1-3-7-17-15(8-12-10-18-19(4-2)11-12)14-9-13-5-6-16(14)20-13/h10-11,13-17H,3-9H2,1-2H3. The molecule has 2 aliphatic heterocycles. The highest BCUT2D eigenvalue weighted by Gasteiger charge is 2.44. The first-order valence-electron chi connectivity index (χ1n) is 8.20. The normalized spacial score (nSPS) is 30.0. The van der Waals surface area contributed by atoms with Crippen LogP contribution < -0.4 is 5.32 Å². The first kappa shape index (κ1) is 14.1. The highest BCUT2D eigenvalue weighted by atomic mass is 16.5. The molecule has 4 atom stereocenters. The van der Waals surface area contributed by atoms with Crippen molar-refractivity contribution < 1.29 is 4.74 Å². The first-order valence-corrected chi connectivity index (χ1v) is 8.20. The van der Waals surface area contributed by atoms with Crippen molar-refractivity contribution in [2.24, 2.45) is 5.92 Å². The Morgan fingerprint density at radius 1 is 1.45 bits per heavy atom. The lowest BCUT2D eigenvalue weighted by atomic mass is 9.81. The third kappa shape index (κ3) is 2.91. The number of fused-ring (bicyclic) bond motifs is 2. The highest BCUT2D eigenvalue weighted by molar-refractivity contribution is 5.09. The topological polar surface area (TPSA) is 39.1 Å². The molecule has 1 aromatic heterocycles. The fourth-order valence-electron chi connectivity index (χ4n) is 3.74. The predicted molar refractivity (Wildman–Crippen MR) is 79.7 cm³/mol. The van der Waals surface area contributed by atoms with E-state index in [1.54, 1.807) is 0 Å².